The number of benzene rings is 1. The smallest absolute Gasteiger partial charge is 0.242 e. The summed E-state index contributed by atoms with van der Waals surface area (Å²) in [7, 11) is 0. The third-order valence-electron chi connectivity index (χ3n) is 4.22. The number of amides is 1. The second kappa shape index (κ2) is 6.90. The van der Waals surface area contributed by atoms with Crippen LogP contribution in [0.4, 0.5) is 5.69 Å². The van der Waals surface area contributed by atoms with Gasteiger partial charge in [0.15, 0.2) is 0 Å². The molecule has 21 heavy (non-hydrogen) atoms. The minimum atomic E-state index is -0.0785. The molecule has 1 amide bonds. The van der Waals surface area contributed by atoms with E-state index in [-0.39, 0.29) is 11.9 Å². The van der Waals surface area contributed by atoms with Gasteiger partial charge in [0.25, 0.3) is 0 Å². The zero-order chi connectivity index (χ0) is 15.4. The Bertz CT molecular complexity index is 516. The molecule has 1 N–H and O–H groups in total. The molecule has 1 aliphatic heterocycles. The molecule has 0 radical (unpaired) electrons. The monoisotopic (exact) mass is 286 g/mol. The molecular formula is C18H26N2O. The first-order chi connectivity index (χ1) is 10.0. The number of piperidine rings is 1. The Morgan fingerprint density at radius 2 is 2.05 bits per heavy atom. The van der Waals surface area contributed by atoms with Crippen LogP contribution in [-0.2, 0) is 4.79 Å². The molecule has 1 unspecified atom stereocenters. The van der Waals surface area contributed by atoms with E-state index in [1.54, 1.807) is 0 Å². The molecule has 1 aromatic rings. The van der Waals surface area contributed by atoms with Crippen LogP contribution in [0.3, 0.4) is 0 Å². The molecule has 0 bridgehead atoms. The molecule has 114 valence electrons. The van der Waals surface area contributed by atoms with Crippen molar-refractivity contribution in [1.82, 2.24) is 4.90 Å². The number of carbonyl (C=O) groups is 1. The lowest BCUT2D eigenvalue weighted by Gasteiger charge is -2.35. The molecule has 3 heteroatoms. The number of likely N-dealkylation sites (tertiary alicyclic amines) is 1. The lowest BCUT2D eigenvalue weighted by Crippen LogP contribution is -2.47. The summed E-state index contributed by atoms with van der Waals surface area (Å²) >= 11 is 0. The van der Waals surface area contributed by atoms with Crippen LogP contribution in [0, 0.1) is 13.8 Å². The number of carbonyl (C=O) groups excluding carboxylic acids is 1. The van der Waals surface area contributed by atoms with Crippen LogP contribution in [0.5, 0.6) is 0 Å². The second-order valence-corrected chi connectivity index (χ2v) is 6.01. The Kier molecular flexibility index (Phi) is 5.18. The molecule has 1 aliphatic rings. The number of hydrogen-bond donors (Lipinski definition) is 1. The van der Waals surface area contributed by atoms with E-state index in [0.717, 1.165) is 49.2 Å². The predicted molar refractivity (Wildman–Crippen MR) is 88.6 cm³/mol. The molecule has 0 aromatic heterocycles. The summed E-state index contributed by atoms with van der Waals surface area (Å²) in [6, 6.07) is 6.01. The van der Waals surface area contributed by atoms with E-state index in [1.807, 2.05) is 32.0 Å². The second-order valence-electron chi connectivity index (χ2n) is 6.01. The maximum Gasteiger partial charge on any atom is 0.242 e. The fraction of sp³-hybridized carbons (Fsp3) is 0.500. The van der Waals surface area contributed by atoms with E-state index in [4.69, 9.17) is 0 Å². The highest BCUT2D eigenvalue weighted by Crippen LogP contribution is 2.24. The summed E-state index contributed by atoms with van der Waals surface area (Å²) in [5.41, 5.74) is 4.36. The largest absolute Gasteiger partial charge is 0.324 e. The van der Waals surface area contributed by atoms with Crippen LogP contribution in [0.15, 0.2) is 30.4 Å². The number of anilines is 1. The van der Waals surface area contributed by atoms with Gasteiger partial charge in [-0.2, -0.15) is 0 Å². The Labute approximate surface area is 128 Å². The lowest BCUT2D eigenvalue weighted by atomic mass is 9.96. The van der Waals surface area contributed by atoms with E-state index in [9.17, 15) is 4.79 Å². The van der Waals surface area contributed by atoms with Crippen LogP contribution < -0.4 is 5.32 Å². The molecule has 0 saturated carbocycles. The molecule has 1 saturated heterocycles. The van der Waals surface area contributed by atoms with Crippen molar-refractivity contribution in [2.24, 2.45) is 0 Å². The molecule has 1 heterocycles. The molecule has 2 rings (SSSR count). The van der Waals surface area contributed by atoms with Crippen molar-refractivity contribution in [3.63, 3.8) is 0 Å². The minimum absolute atomic E-state index is 0.0785. The van der Waals surface area contributed by atoms with Crippen LogP contribution in [0.2, 0.25) is 0 Å². The van der Waals surface area contributed by atoms with Crippen LogP contribution >= 0.6 is 0 Å². The van der Waals surface area contributed by atoms with Crippen molar-refractivity contribution in [2.45, 2.75) is 46.1 Å². The minimum Gasteiger partial charge on any atom is -0.324 e. The van der Waals surface area contributed by atoms with Gasteiger partial charge in [0.1, 0.15) is 0 Å². The third kappa shape index (κ3) is 3.73. The molecular weight excluding hydrogens is 260 g/mol. The van der Waals surface area contributed by atoms with E-state index in [0.29, 0.717) is 0 Å². The fourth-order valence-corrected chi connectivity index (χ4v) is 2.99. The molecule has 1 atom stereocenters. The fourth-order valence-electron chi connectivity index (χ4n) is 2.99. The number of nitrogens with one attached hydrogen (secondary N) is 1. The maximum atomic E-state index is 12.7. The summed E-state index contributed by atoms with van der Waals surface area (Å²) in [6.45, 7) is 12.2. The van der Waals surface area contributed by atoms with Gasteiger partial charge in [0.05, 0.1) is 6.04 Å². The first-order valence-electron chi connectivity index (χ1n) is 7.80. The van der Waals surface area contributed by atoms with Gasteiger partial charge >= 0.3 is 0 Å². The quantitative estimate of drug-likeness (QED) is 0.856. The Morgan fingerprint density at radius 3 is 2.67 bits per heavy atom. The first kappa shape index (κ1) is 15.8. The van der Waals surface area contributed by atoms with Crippen molar-refractivity contribution in [3.8, 4) is 0 Å². The van der Waals surface area contributed by atoms with E-state index >= 15 is 0 Å². The summed E-state index contributed by atoms with van der Waals surface area (Å²) in [5, 5.41) is 3.14. The van der Waals surface area contributed by atoms with E-state index in [1.165, 1.54) is 5.57 Å². The highest BCUT2D eigenvalue weighted by molar-refractivity contribution is 5.96. The summed E-state index contributed by atoms with van der Waals surface area (Å²) in [6.07, 6.45) is 2.85. The number of hydrogen-bond acceptors (Lipinski definition) is 2. The van der Waals surface area contributed by atoms with Crippen LogP contribution in [0.1, 0.15) is 37.3 Å². The maximum absolute atomic E-state index is 12.7. The summed E-state index contributed by atoms with van der Waals surface area (Å²) in [5.74, 6) is 0.0988. The van der Waals surface area contributed by atoms with Crippen molar-refractivity contribution >= 4 is 11.6 Å². The van der Waals surface area contributed by atoms with Crippen molar-refractivity contribution < 1.29 is 4.79 Å². The van der Waals surface area contributed by atoms with Gasteiger partial charge in [-0.25, -0.2) is 0 Å². The number of aryl methyl sites for hydroxylation is 2. The first-order valence-corrected chi connectivity index (χ1v) is 7.80. The zero-order valence-corrected chi connectivity index (χ0v) is 13.4. The average molecular weight is 286 g/mol. The van der Waals surface area contributed by atoms with Crippen molar-refractivity contribution in [1.29, 1.82) is 0 Å². The number of para-hydroxylation sites is 1. The Hall–Kier alpha value is -1.61. The van der Waals surface area contributed by atoms with E-state index < -0.39 is 0 Å². The Morgan fingerprint density at radius 1 is 1.38 bits per heavy atom. The van der Waals surface area contributed by atoms with Gasteiger partial charge < -0.3 is 5.32 Å². The van der Waals surface area contributed by atoms with Gasteiger partial charge in [0, 0.05) is 12.2 Å². The SMILES string of the molecule is C=C1CCN(CCC)C(C(=O)Nc2c(C)cccc2C)C1. The topological polar surface area (TPSA) is 32.3 Å². The lowest BCUT2D eigenvalue weighted by molar-refractivity contribution is -0.121. The Balaban J connectivity index is 2.15. The highest BCUT2D eigenvalue weighted by Gasteiger charge is 2.29. The summed E-state index contributed by atoms with van der Waals surface area (Å²) in [4.78, 5) is 15.0. The van der Waals surface area contributed by atoms with Crippen molar-refractivity contribution in [2.75, 3.05) is 18.4 Å². The van der Waals surface area contributed by atoms with Gasteiger partial charge in [-0.1, -0.05) is 37.3 Å². The summed E-state index contributed by atoms with van der Waals surface area (Å²) < 4.78 is 0. The van der Waals surface area contributed by atoms with E-state index in [2.05, 4.69) is 23.7 Å². The molecule has 3 nitrogen and oxygen atoms in total. The van der Waals surface area contributed by atoms with Crippen LogP contribution in [-0.4, -0.2) is 29.9 Å². The molecule has 1 aromatic carbocycles. The van der Waals surface area contributed by atoms with Crippen molar-refractivity contribution in [3.05, 3.63) is 41.5 Å². The average Bonchev–Trinajstić information content (AvgIpc) is 2.45. The predicted octanol–water partition coefficient (Wildman–Crippen LogP) is 3.67. The third-order valence-corrected chi connectivity index (χ3v) is 4.22. The molecule has 0 aliphatic carbocycles. The molecule has 0 spiro atoms. The number of nitrogens with zero attached hydrogens (tertiary/aromatic N) is 1. The zero-order valence-electron chi connectivity index (χ0n) is 13.4. The van der Waals surface area contributed by atoms with Gasteiger partial charge in [0.2, 0.25) is 5.91 Å². The normalized spacial score (nSPS) is 19.6. The standard InChI is InChI=1S/C18H26N2O/c1-5-10-20-11-9-13(2)12-16(20)18(21)19-17-14(3)7-6-8-15(17)4/h6-8,16H,2,5,9-12H2,1,3-4H3,(H,19,21). The van der Waals surface area contributed by atoms with Gasteiger partial charge in [-0.15, -0.1) is 0 Å². The van der Waals surface area contributed by atoms with Gasteiger partial charge in [-0.3, -0.25) is 9.69 Å². The number of rotatable bonds is 4. The van der Waals surface area contributed by atoms with Crippen LogP contribution in [0.25, 0.3) is 0 Å². The highest BCUT2D eigenvalue weighted by atomic mass is 16.2. The van der Waals surface area contributed by atoms with Gasteiger partial charge in [-0.05, 0) is 50.8 Å². The molecule has 1 fully saturated rings.